The largest absolute Gasteiger partial charge is 0.322 e. The lowest BCUT2D eigenvalue weighted by Crippen LogP contribution is -2.35. The maximum Gasteiger partial charge on any atom is 0.269 e. The first-order valence-electron chi connectivity index (χ1n) is 10.0. The fourth-order valence-electron chi connectivity index (χ4n) is 3.64. The Bertz CT molecular complexity index is 1290. The SMILES string of the molecule is Cc1ccc(S(=O)(=O)N2CCCc3ccc(NC(=O)c4ccc([N+](=O)[O-])cc4)cc32)cc1. The molecule has 0 spiro atoms. The molecule has 164 valence electrons. The zero-order valence-electron chi connectivity index (χ0n) is 17.3. The van der Waals surface area contributed by atoms with Crippen molar-refractivity contribution in [2.45, 2.75) is 24.7 Å². The first-order valence-corrected chi connectivity index (χ1v) is 11.5. The fourth-order valence-corrected chi connectivity index (χ4v) is 5.18. The summed E-state index contributed by atoms with van der Waals surface area (Å²) in [4.78, 5) is 23.1. The molecule has 0 atom stereocenters. The third-order valence-corrected chi connectivity index (χ3v) is 7.20. The number of amides is 1. The van der Waals surface area contributed by atoms with Crippen molar-refractivity contribution in [1.29, 1.82) is 0 Å². The van der Waals surface area contributed by atoms with Gasteiger partial charge in [0, 0.05) is 29.9 Å². The highest BCUT2D eigenvalue weighted by Crippen LogP contribution is 2.34. The zero-order valence-corrected chi connectivity index (χ0v) is 18.1. The van der Waals surface area contributed by atoms with Crippen molar-refractivity contribution in [3.63, 3.8) is 0 Å². The Balaban J connectivity index is 1.62. The number of hydrogen-bond donors (Lipinski definition) is 1. The Labute approximate surface area is 185 Å². The van der Waals surface area contributed by atoms with Crippen LogP contribution in [0.1, 0.15) is 27.9 Å². The van der Waals surface area contributed by atoms with Crippen molar-refractivity contribution in [2.24, 2.45) is 0 Å². The van der Waals surface area contributed by atoms with E-state index in [0.717, 1.165) is 17.5 Å². The number of sulfonamides is 1. The molecule has 3 aromatic carbocycles. The number of anilines is 2. The van der Waals surface area contributed by atoms with Gasteiger partial charge in [-0.15, -0.1) is 0 Å². The predicted octanol–water partition coefficient (Wildman–Crippen LogP) is 4.30. The van der Waals surface area contributed by atoms with Crippen molar-refractivity contribution >= 4 is 33.0 Å². The molecule has 3 aromatic rings. The molecule has 1 N–H and O–H groups in total. The lowest BCUT2D eigenvalue weighted by Gasteiger charge is -2.31. The maximum absolute atomic E-state index is 13.3. The van der Waals surface area contributed by atoms with Crippen LogP contribution < -0.4 is 9.62 Å². The lowest BCUT2D eigenvalue weighted by molar-refractivity contribution is -0.384. The molecule has 0 saturated heterocycles. The van der Waals surface area contributed by atoms with Gasteiger partial charge in [-0.3, -0.25) is 19.2 Å². The summed E-state index contributed by atoms with van der Waals surface area (Å²) in [5, 5.41) is 13.5. The summed E-state index contributed by atoms with van der Waals surface area (Å²) < 4.78 is 28.0. The van der Waals surface area contributed by atoms with Crippen LogP contribution in [0.25, 0.3) is 0 Å². The monoisotopic (exact) mass is 451 g/mol. The molecule has 4 rings (SSSR count). The summed E-state index contributed by atoms with van der Waals surface area (Å²) in [5.74, 6) is -0.441. The lowest BCUT2D eigenvalue weighted by atomic mass is 10.0. The maximum atomic E-state index is 13.3. The molecule has 0 saturated carbocycles. The number of carbonyl (C=O) groups is 1. The van der Waals surface area contributed by atoms with E-state index in [1.807, 2.05) is 13.0 Å². The molecule has 1 aliphatic heterocycles. The van der Waals surface area contributed by atoms with Gasteiger partial charge in [0.05, 0.1) is 15.5 Å². The van der Waals surface area contributed by atoms with Crippen LogP contribution in [0.3, 0.4) is 0 Å². The van der Waals surface area contributed by atoms with E-state index in [-0.39, 0.29) is 16.1 Å². The molecule has 1 aliphatic rings. The second-order valence-corrected chi connectivity index (χ2v) is 9.46. The van der Waals surface area contributed by atoms with Gasteiger partial charge in [-0.2, -0.15) is 0 Å². The summed E-state index contributed by atoms with van der Waals surface area (Å²) >= 11 is 0. The van der Waals surface area contributed by atoms with E-state index in [1.54, 1.807) is 36.4 Å². The van der Waals surface area contributed by atoms with Crippen molar-refractivity contribution in [1.82, 2.24) is 0 Å². The van der Waals surface area contributed by atoms with Gasteiger partial charge in [-0.1, -0.05) is 23.8 Å². The molecule has 8 nitrogen and oxygen atoms in total. The van der Waals surface area contributed by atoms with Crippen molar-refractivity contribution < 1.29 is 18.1 Å². The van der Waals surface area contributed by atoms with Gasteiger partial charge in [0.1, 0.15) is 0 Å². The minimum atomic E-state index is -3.75. The van der Waals surface area contributed by atoms with Crippen LogP contribution in [-0.4, -0.2) is 25.8 Å². The minimum Gasteiger partial charge on any atom is -0.322 e. The topological polar surface area (TPSA) is 110 Å². The Morgan fingerprint density at radius 3 is 2.38 bits per heavy atom. The molecule has 9 heteroatoms. The number of nitro benzene ring substituents is 1. The highest BCUT2D eigenvalue weighted by molar-refractivity contribution is 7.92. The summed E-state index contributed by atoms with van der Waals surface area (Å²) in [6.07, 6.45) is 1.44. The second kappa shape index (κ2) is 8.43. The third kappa shape index (κ3) is 4.19. The van der Waals surface area contributed by atoms with Gasteiger partial charge in [0.2, 0.25) is 0 Å². The minimum absolute atomic E-state index is 0.104. The summed E-state index contributed by atoms with van der Waals surface area (Å²) in [6.45, 7) is 2.25. The average molecular weight is 452 g/mol. The van der Waals surface area contributed by atoms with Crippen molar-refractivity contribution in [3.05, 3.63) is 93.5 Å². The van der Waals surface area contributed by atoms with Crippen LogP contribution in [0.15, 0.2) is 71.6 Å². The number of carbonyl (C=O) groups excluding carboxylic acids is 1. The molecule has 1 heterocycles. The van der Waals surface area contributed by atoms with Crippen LogP contribution in [0.2, 0.25) is 0 Å². The standard InChI is InChI=1S/C23H21N3O5S/c1-16-4-12-21(13-5-16)32(30,31)25-14-2-3-17-6-9-19(15-22(17)25)24-23(27)18-7-10-20(11-8-18)26(28)29/h4-13,15H,2-3,14H2,1H3,(H,24,27). The normalized spacial score (nSPS) is 13.3. The molecular weight excluding hydrogens is 430 g/mol. The smallest absolute Gasteiger partial charge is 0.269 e. The second-order valence-electron chi connectivity index (χ2n) is 7.60. The summed E-state index contributed by atoms with van der Waals surface area (Å²) in [5.41, 5.74) is 3.00. The highest BCUT2D eigenvalue weighted by Gasteiger charge is 2.29. The number of rotatable bonds is 5. The molecule has 0 radical (unpaired) electrons. The van der Waals surface area contributed by atoms with E-state index in [1.165, 1.54) is 28.6 Å². The number of non-ortho nitro benzene ring substituents is 1. The number of fused-ring (bicyclic) bond motifs is 1. The average Bonchev–Trinajstić information content (AvgIpc) is 2.79. The number of nitrogens with zero attached hydrogens (tertiary/aromatic N) is 2. The van der Waals surface area contributed by atoms with E-state index in [2.05, 4.69) is 5.32 Å². The van der Waals surface area contributed by atoms with E-state index in [4.69, 9.17) is 0 Å². The molecular formula is C23H21N3O5S. The van der Waals surface area contributed by atoms with Gasteiger partial charge >= 0.3 is 0 Å². The van der Waals surface area contributed by atoms with Gasteiger partial charge in [0.25, 0.3) is 21.6 Å². The van der Waals surface area contributed by atoms with Gasteiger partial charge in [0.15, 0.2) is 0 Å². The van der Waals surface area contributed by atoms with Crippen LogP contribution in [-0.2, 0) is 16.4 Å². The molecule has 0 aliphatic carbocycles. The van der Waals surface area contributed by atoms with Crippen LogP contribution in [0.5, 0.6) is 0 Å². The first kappa shape index (κ1) is 21.5. The Morgan fingerprint density at radius 1 is 1.03 bits per heavy atom. The zero-order chi connectivity index (χ0) is 22.9. The Morgan fingerprint density at radius 2 is 1.72 bits per heavy atom. The number of aryl methyl sites for hydroxylation is 2. The molecule has 0 fully saturated rings. The van der Waals surface area contributed by atoms with Crippen LogP contribution >= 0.6 is 0 Å². The van der Waals surface area contributed by atoms with E-state index in [0.29, 0.717) is 24.3 Å². The third-order valence-electron chi connectivity index (χ3n) is 5.37. The molecule has 32 heavy (non-hydrogen) atoms. The van der Waals surface area contributed by atoms with E-state index < -0.39 is 20.9 Å². The molecule has 0 bridgehead atoms. The number of benzene rings is 3. The summed E-state index contributed by atoms with van der Waals surface area (Å²) in [7, 11) is -3.75. The molecule has 0 aromatic heterocycles. The Hall–Kier alpha value is -3.72. The fraction of sp³-hybridized carbons (Fsp3) is 0.174. The molecule has 1 amide bonds. The predicted molar refractivity (Wildman–Crippen MR) is 122 cm³/mol. The highest BCUT2D eigenvalue weighted by atomic mass is 32.2. The van der Waals surface area contributed by atoms with Crippen molar-refractivity contribution in [3.8, 4) is 0 Å². The summed E-state index contributed by atoms with van der Waals surface area (Å²) in [6, 6.07) is 17.2. The van der Waals surface area contributed by atoms with E-state index >= 15 is 0 Å². The number of hydrogen-bond acceptors (Lipinski definition) is 5. The quantitative estimate of drug-likeness (QED) is 0.459. The molecule has 0 unspecified atom stereocenters. The first-order chi connectivity index (χ1) is 15.3. The number of nitrogens with one attached hydrogen (secondary N) is 1. The van der Waals surface area contributed by atoms with Gasteiger partial charge < -0.3 is 5.32 Å². The van der Waals surface area contributed by atoms with Crippen LogP contribution in [0.4, 0.5) is 17.1 Å². The number of nitro groups is 1. The van der Waals surface area contributed by atoms with Crippen LogP contribution in [0, 0.1) is 17.0 Å². The van der Waals surface area contributed by atoms with E-state index in [9.17, 15) is 23.3 Å². The van der Waals surface area contributed by atoms with Crippen molar-refractivity contribution in [2.75, 3.05) is 16.2 Å². The van der Waals surface area contributed by atoms with Gasteiger partial charge in [-0.05, 0) is 61.7 Å². The van der Waals surface area contributed by atoms with Gasteiger partial charge in [-0.25, -0.2) is 8.42 Å². The Kier molecular flexibility index (Phi) is 5.67.